The van der Waals surface area contributed by atoms with Gasteiger partial charge < -0.3 is 15.0 Å². The summed E-state index contributed by atoms with van der Waals surface area (Å²) in [5, 5.41) is 3.29. The Bertz CT molecular complexity index is 762. The molecule has 0 atom stereocenters. The topological polar surface area (TPSA) is 58.6 Å². The first-order chi connectivity index (χ1) is 11.9. The lowest BCUT2D eigenvalue weighted by molar-refractivity contribution is -0.120. The van der Waals surface area contributed by atoms with Gasteiger partial charge in [0.1, 0.15) is 12.3 Å². The second kappa shape index (κ2) is 8.53. The summed E-state index contributed by atoms with van der Waals surface area (Å²) < 4.78 is 5.69. The van der Waals surface area contributed by atoms with Crippen LogP contribution in [0.1, 0.15) is 20.8 Å². The molecule has 2 rings (SSSR count). The van der Waals surface area contributed by atoms with Crippen LogP contribution in [-0.2, 0) is 9.59 Å². The van der Waals surface area contributed by atoms with Crippen LogP contribution < -0.4 is 15.0 Å². The number of hydrogen-bond donors (Lipinski definition) is 1. The number of halogens is 1. The summed E-state index contributed by atoms with van der Waals surface area (Å²) in [4.78, 5) is 25.7. The number of benzene rings is 2. The monoisotopic (exact) mass is 360 g/mol. The van der Waals surface area contributed by atoms with E-state index in [0.717, 1.165) is 0 Å². The molecule has 0 spiro atoms. The van der Waals surface area contributed by atoms with Gasteiger partial charge in [-0.3, -0.25) is 9.59 Å². The Morgan fingerprint density at radius 2 is 1.88 bits per heavy atom. The number of nitrogens with one attached hydrogen (secondary N) is 1. The van der Waals surface area contributed by atoms with Gasteiger partial charge in [0.25, 0.3) is 0 Å². The summed E-state index contributed by atoms with van der Waals surface area (Å²) in [6.45, 7) is 5.11. The number of amides is 2. The Kier molecular flexibility index (Phi) is 6.42. The maximum atomic E-state index is 12.4. The predicted molar refractivity (Wildman–Crippen MR) is 100 cm³/mol. The smallest absolute Gasteiger partial charge is 0.244 e. The van der Waals surface area contributed by atoms with Gasteiger partial charge in [0.05, 0.1) is 11.8 Å². The lowest BCUT2D eigenvalue weighted by Crippen LogP contribution is -2.36. The van der Waals surface area contributed by atoms with Crippen LogP contribution >= 0.6 is 11.6 Å². The van der Waals surface area contributed by atoms with Crippen molar-refractivity contribution in [2.45, 2.75) is 26.9 Å². The fraction of sp³-hybridized carbons (Fsp3) is 0.263. The van der Waals surface area contributed by atoms with Gasteiger partial charge in [0.2, 0.25) is 11.8 Å². The van der Waals surface area contributed by atoms with E-state index < -0.39 is 0 Å². The molecule has 0 saturated carbocycles. The summed E-state index contributed by atoms with van der Waals surface area (Å²) in [6.07, 6.45) is -0.0155. The minimum absolute atomic E-state index is 0.0155. The second-order valence-corrected chi connectivity index (χ2v) is 6.23. The lowest BCUT2D eigenvalue weighted by atomic mass is 10.2. The number of para-hydroxylation sites is 2. The van der Waals surface area contributed by atoms with E-state index >= 15 is 0 Å². The Balaban J connectivity index is 2.14. The zero-order chi connectivity index (χ0) is 18.4. The molecule has 0 fully saturated rings. The van der Waals surface area contributed by atoms with Crippen LogP contribution in [0, 0.1) is 0 Å². The zero-order valence-electron chi connectivity index (χ0n) is 14.5. The van der Waals surface area contributed by atoms with Crippen LogP contribution in [-0.4, -0.2) is 24.5 Å². The van der Waals surface area contributed by atoms with Crippen LogP contribution in [0.2, 0.25) is 5.02 Å². The van der Waals surface area contributed by atoms with E-state index in [9.17, 15) is 9.59 Å². The molecule has 132 valence electrons. The molecule has 1 N–H and O–H groups in total. The largest absolute Gasteiger partial charge is 0.489 e. The number of rotatable bonds is 6. The van der Waals surface area contributed by atoms with E-state index in [1.165, 1.54) is 11.8 Å². The third kappa shape index (κ3) is 5.50. The molecule has 5 nitrogen and oxygen atoms in total. The molecule has 0 heterocycles. The van der Waals surface area contributed by atoms with Crippen molar-refractivity contribution in [2.24, 2.45) is 0 Å². The van der Waals surface area contributed by atoms with Crippen molar-refractivity contribution in [3.8, 4) is 5.75 Å². The first-order valence-corrected chi connectivity index (χ1v) is 8.34. The molecule has 2 aromatic carbocycles. The maximum absolute atomic E-state index is 12.4. The molecule has 0 aliphatic heterocycles. The highest BCUT2D eigenvalue weighted by Gasteiger charge is 2.17. The average molecular weight is 361 g/mol. The number of carbonyl (C=O) groups excluding carboxylic acids is 2. The molecule has 2 aromatic rings. The molecule has 0 unspecified atom stereocenters. The van der Waals surface area contributed by atoms with Crippen LogP contribution in [0.3, 0.4) is 0 Å². The summed E-state index contributed by atoms with van der Waals surface area (Å²) in [5.74, 6) is 0.0158. The van der Waals surface area contributed by atoms with Gasteiger partial charge in [-0.25, -0.2) is 0 Å². The minimum Gasteiger partial charge on any atom is -0.489 e. The van der Waals surface area contributed by atoms with Crippen molar-refractivity contribution in [3.63, 3.8) is 0 Å². The van der Waals surface area contributed by atoms with Crippen molar-refractivity contribution >= 4 is 34.8 Å². The highest BCUT2D eigenvalue weighted by molar-refractivity contribution is 6.31. The number of hydrogen-bond acceptors (Lipinski definition) is 3. The van der Waals surface area contributed by atoms with Gasteiger partial charge >= 0.3 is 0 Å². The summed E-state index contributed by atoms with van der Waals surface area (Å²) in [5.41, 5.74) is 1.14. The fourth-order valence-corrected chi connectivity index (χ4v) is 2.47. The molecule has 0 aromatic heterocycles. The fourth-order valence-electron chi connectivity index (χ4n) is 2.29. The van der Waals surface area contributed by atoms with Crippen molar-refractivity contribution in [2.75, 3.05) is 16.8 Å². The van der Waals surface area contributed by atoms with Gasteiger partial charge in [-0.1, -0.05) is 29.8 Å². The lowest BCUT2D eigenvalue weighted by Gasteiger charge is -2.21. The third-order valence-corrected chi connectivity index (χ3v) is 3.56. The second-order valence-electron chi connectivity index (χ2n) is 5.80. The first-order valence-electron chi connectivity index (χ1n) is 7.96. The number of nitrogens with zero attached hydrogens (tertiary/aromatic N) is 1. The normalized spacial score (nSPS) is 10.4. The molecule has 2 amide bonds. The van der Waals surface area contributed by atoms with E-state index in [1.54, 1.807) is 36.4 Å². The zero-order valence-corrected chi connectivity index (χ0v) is 15.2. The summed E-state index contributed by atoms with van der Waals surface area (Å²) >= 11 is 5.97. The van der Waals surface area contributed by atoms with Gasteiger partial charge in [-0.15, -0.1) is 0 Å². The first kappa shape index (κ1) is 18.8. The molecule has 6 heteroatoms. The standard InChI is InChI=1S/C19H21ClN2O3/c1-13(2)25-18-10-5-4-9-17(18)21-19(24)12-22(14(3)23)16-8-6-7-15(20)11-16/h4-11,13H,12H2,1-3H3,(H,21,24). The van der Waals surface area contributed by atoms with Crippen LogP contribution in [0.15, 0.2) is 48.5 Å². The van der Waals surface area contributed by atoms with E-state index in [2.05, 4.69) is 5.32 Å². The highest BCUT2D eigenvalue weighted by atomic mass is 35.5. The molecule has 0 aliphatic rings. The summed E-state index contributed by atoms with van der Waals surface area (Å²) in [6, 6.07) is 14.0. The van der Waals surface area contributed by atoms with Crippen molar-refractivity contribution in [3.05, 3.63) is 53.6 Å². The van der Waals surface area contributed by atoms with E-state index in [-0.39, 0.29) is 24.5 Å². The molecule has 25 heavy (non-hydrogen) atoms. The Labute approximate surface area is 152 Å². The van der Waals surface area contributed by atoms with E-state index in [0.29, 0.717) is 22.1 Å². The maximum Gasteiger partial charge on any atom is 0.244 e. The number of carbonyl (C=O) groups is 2. The molecule has 0 bridgehead atoms. The minimum atomic E-state index is -0.324. The molecular weight excluding hydrogens is 340 g/mol. The van der Waals surface area contributed by atoms with Crippen LogP contribution in [0.5, 0.6) is 5.75 Å². The Morgan fingerprint density at radius 3 is 2.52 bits per heavy atom. The SMILES string of the molecule is CC(=O)N(CC(=O)Nc1ccccc1OC(C)C)c1cccc(Cl)c1. The molecular formula is C19H21ClN2O3. The summed E-state index contributed by atoms with van der Waals surface area (Å²) in [7, 11) is 0. The van der Waals surface area contributed by atoms with E-state index in [1.807, 2.05) is 26.0 Å². The molecule has 0 saturated heterocycles. The van der Waals surface area contributed by atoms with Crippen molar-refractivity contribution in [1.29, 1.82) is 0 Å². The van der Waals surface area contributed by atoms with Crippen molar-refractivity contribution < 1.29 is 14.3 Å². The van der Waals surface area contributed by atoms with Crippen LogP contribution in [0.4, 0.5) is 11.4 Å². The third-order valence-electron chi connectivity index (χ3n) is 3.33. The van der Waals surface area contributed by atoms with Crippen molar-refractivity contribution in [1.82, 2.24) is 0 Å². The average Bonchev–Trinajstić information content (AvgIpc) is 2.53. The highest BCUT2D eigenvalue weighted by Crippen LogP contribution is 2.25. The van der Waals surface area contributed by atoms with Gasteiger partial charge in [-0.05, 0) is 44.2 Å². The predicted octanol–water partition coefficient (Wildman–Crippen LogP) is 4.12. The molecule has 0 aliphatic carbocycles. The quantitative estimate of drug-likeness (QED) is 0.843. The molecule has 0 radical (unpaired) electrons. The Hall–Kier alpha value is -2.53. The number of ether oxygens (including phenoxy) is 1. The van der Waals surface area contributed by atoms with Crippen LogP contribution in [0.25, 0.3) is 0 Å². The Morgan fingerprint density at radius 1 is 1.16 bits per heavy atom. The number of anilines is 2. The van der Waals surface area contributed by atoms with E-state index in [4.69, 9.17) is 16.3 Å². The van der Waals surface area contributed by atoms with Gasteiger partial charge in [0, 0.05) is 17.6 Å². The van der Waals surface area contributed by atoms with Gasteiger partial charge in [0.15, 0.2) is 0 Å². The van der Waals surface area contributed by atoms with Gasteiger partial charge in [-0.2, -0.15) is 0 Å².